The number of nitrogens with one attached hydrogen (secondary N) is 1. The molecule has 2 aromatic rings. The predicted molar refractivity (Wildman–Crippen MR) is 77.5 cm³/mol. The van der Waals surface area contributed by atoms with Crippen LogP contribution in [0.4, 0.5) is 5.82 Å². The number of hydrogen-bond acceptors (Lipinski definition) is 3. The molecule has 1 aromatic carbocycles. The molecule has 0 aliphatic carbocycles. The minimum Gasteiger partial charge on any atom is -0.508 e. The Labute approximate surface area is 119 Å². The number of rotatable bonds is 2. The fourth-order valence-corrected chi connectivity index (χ4v) is 2.19. The number of phenols is 1. The second-order valence-electron chi connectivity index (χ2n) is 4.27. The summed E-state index contributed by atoms with van der Waals surface area (Å²) in [4.78, 5) is 16.3. The second kappa shape index (κ2) is 5.40. The Morgan fingerprint density at radius 3 is 2.63 bits per heavy atom. The van der Waals surface area contributed by atoms with Crippen LogP contribution in [0, 0.1) is 13.8 Å². The zero-order valence-corrected chi connectivity index (χ0v) is 12.2. The van der Waals surface area contributed by atoms with Gasteiger partial charge in [-0.3, -0.25) is 4.79 Å². The summed E-state index contributed by atoms with van der Waals surface area (Å²) in [6.45, 7) is 3.65. The van der Waals surface area contributed by atoms with E-state index in [1.54, 1.807) is 25.3 Å². The van der Waals surface area contributed by atoms with Crippen molar-refractivity contribution in [2.75, 3.05) is 5.32 Å². The molecule has 1 heterocycles. The topological polar surface area (TPSA) is 62.2 Å². The van der Waals surface area contributed by atoms with Gasteiger partial charge in [0, 0.05) is 16.2 Å². The largest absolute Gasteiger partial charge is 0.508 e. The van der Waals surface area contributed by atoms with Crippen LogP contribution in [-0.4, -0.2) is 16.0 Å². The van der Waals surface area contributed by atoms with Gasteiger partial charge in [0.2, 0.25) is 0 Å². The SMILES string of the molecule is Cc1cc(O)ccc1C(=O)Nc1ncc(Br)cc1C. The molecule has 19 heavy (non-hydrogen) atoms. The first-order valence-corrected chi connectivity index (χ1v) is 6.50. The third-order valence-corrected chi connectivity index (χ3v) is 3.17. The third-order valence-electron chi connectivity index (χ3n) is 2.73. The molecule has 0 atom stereocenters. The molecule has 0 saturated heterocycles. The van der Waals surface area contributed by atoms with Gasteiger partial charge in [0.15, 0.2) is 0 Å². The van der Waals surface area contributed by atoms with Gasteiger partial charge < -0.3 is 10.4 Å². The average Bonchev–Trinajstić information content (AvgIpc) is 2.32. The number of carbonyl (C=O) groups excluding carboxylic acids is 1. The Balaban J connectivity index is 2.25. The minimum atomic E-state index is -0.240. The number of phenolic OH excluding ortho intramolecular Hbond substituents is 1. The van der Waals surface area contributed by atoms with E-state index in [2.05, 4.69) is 26.2 Å². The number of aromatic hydroxyl groups is 1. The van der Waals surface area contributed by atoms with Crippen molar-refractivity contribution < 1.29 is 9.90 Å². The van der Waals surface area contributed by atoms with Crippen LogP contribution < -0.4 is 5.32 Å². The minimum absolute atomic E-state index is 0.145. The first kappa shape index (κ1) is 13.5. The van der Waals surface area contributed by atoms with Crippen LogP contribution in [0.5, 0.6) is 5.75 Å². The van der Waals surface area contributed by atoms with Crippen LogP contribution in [-0.2, 0) is 0 Å². The fourth-order valence-electron chi connectivity index (χ4n) is 1.75. The number of aromatic nitrogens is 1. The Kier molecular flexibility index (Phi) is 3.85. The highest BCUT2D eigenvalue weighted by molar-refractivity contribution is 9.10. The summed E-state index contributed by atoms with van der Waals surface area (Å²) in [5.74, 6) is 0.433. The van der Waals surface area contributed by atoms with E-state index >= 15 is 0 Å². The van der Waals surface area contributed by atoms with E-state index in [4.69, 9.17) is 0 Å². The molecular weight excluding hydrogens is 308 g/mol. The van der Waals surface area contributed by atoms with Gasteiger partial charge in [-0.25, -0.2) is 4.98 Å². The second-order valence-corrected chi connectivity index (χ2v) is 5.19. The van der Waals surface area contributed by atoms with Gasteiger partial charge in [0.25, 0.3) is 5.91 Å². The van der Waals surface area contributed by atoms with E-state index in [0.717, 1.165) is 10.0 Å². The van der Waals surface area contributed by atoms with E-state index in [-0.39, 0.29) is 11.7 Å². The van der Waals surface area contributed by atoms with Crippen molar-refractivity contribution in [1.82, 2.24) is 4.98 Å². The number of benzene rings is 1. The summed E-state index contributed by atoms with van der Waals surface area (Å²) < 4.78 is 0.865. The molecule has 0 aliphatic rings. The van der Waals surface area contributed by atoms with Crippen molar-refractivity contribution in [1.29, 1.82) is 0 Å². The average molecular weight is 321 g/mol. The maximum absolute atomic E-state index is 12.1. The highest BCUT2D eigenvalue weighted by atomic mass is 79.9. The van der Waals surface area contributed by atoms with Crippen LogP contribution in [0.1, 0.15) is 21.5 Å². The number of nitrogens with zero attached hydrogens (tertiary/aromatic N) is 1. The predicted octanol–water partition coefficient (Wildman–Crippen LogP) is 3.42. The van der Waals surface area contributed by atoms with Gasteiger partial charge in [0.05, 0.1) is 0 Å². The summed E-state index contributed by atoms with van der Waals surface area (Å²) in [6, 6.07) is 6.51. The zero-order valence-electron chi connectivity index (χ0n) is 10.6. The highest BCUT2D eigenvalue weighted by Crippen LogP contribution is 2.20. The summed E-state index contributed by atoms with van der Waals surface area (Å²) in [7, 11) is 0. The molecule has 0 saturated carbocycles. The number of amides is 1. The van der Waals surface area contributed by atoms with Crippen molar-refractivity contribution in [3.63, 3.8) is 0 Å². The molecule has 2 N–H and O–H groups in total. The molecular formula is C14H13BrN2O2. The van der Waals surface area contributed by atoms with Crippen LogP contribution in [0.3, 0.4) is 0 Å². The first-order chi connectivity index (χ1) is 8.97. The summed E-state index contributed by atoms with van der Waals surface area (Å²) in [6.07, 6.45) is 1.63. The van der Waals surface area contributed by atoms with Gasteiger partial charge in [-0.15, -0.1) is 0 Å². The number of halogens is 1. The van der Waals surface area contributed by atoms with Crippen LogP contribution in [0.25, 0.3) is 0 Å². The lowest BCUT2D eigenvalue weighted by atomic mass is 10.1. The molecule has 0 bridgehead atoms. The molecule has 0 radical (unpaired) electrons. The summed E-state index contributed by atoms with van der Waals surface area (Å²) in [5.41, 5.74) is 2.10. The highest BCUT2D eigenvalue weighted by Gasteiger charge is 2.11. The molecule has 0 unspecified atom stereocenters. The maximum atomic E-state index is 12.1. The molecule has 98 valence electrons. The molecule has 5 heteroatoms. The maximum Gasteiger partial charge on any atom is 0.257 e. The van der Waals surface area contributed by atoms with Crippen LogP contribution in [0.15, 0.2) is 34.9 Å². The van der Waals surface area contributed by atoms with Crippen LogP contribution >= 0.6 is 15.9 Å². The molecule has 1 aromatic heterocycles. The number of hydrogen-bond donors (Lipinski definition) is 2. The third kappa shape index (κ3) is 3.12. The number of carbonyl (C=O) groups is 1. The molecule has 4 nitrogen and oxygen atoms in total. The van der Waals surface area contributed by atoms with Gasteiger partial charge in [-0.2, -0.15) is 0 Å². The lowest BCUT2D eigenvalue weighted by molar-refractivity contribution is 0.102. The Morgan fingerprint density at radius 1 is 1.26 bits per heavy atom. The first-order valence-electron chi connectivity index (χ1n) is 5.70. The van der Waals surface area contributed by atoms with Crippen molar-refractivity contribution in [2.24, 2.45) is 0 Å². The standard InChI is InChI=1S/C14H13BrN2O2/c1-8-6-11(18)3-4-12(8)14(19)17-13-9(2)5-10(15)7-16-13/h3-7,18H,1-2H3,(H,16,17,19). The van der Waals surface area contributed by atoms with Crippen molar-refractivity contribution in [3.05, 3.63) is 51.6 Å². The summed E-state index contributed by atoms with van der Waals surface area (Å²) >= 11 is 3.32. The number of anilines is 1. The molecule has 0 spiro atoms. The van der Waals surface area contributed by atoms with E-state index < -0.39 is 0 Å². The Hall–Kier alpha value is -1.88. The van der Waals surface area contributed by atoms with E-state index in [0.29, 0.717) is 16.9 Å². The van der Waals surface area contributed by atoms with Gasteiger partial charge in [-0.1, -0.05) is 0 Å². The number of aryl methyl sites for hydroxylation is 2. The van der Waals surface area contributed by atoms with E-state index in [9.17, 15) is 9.90 Å². The Morgan fingerprint density at radius 2 is 2.00 bits per heavy atom. The number of pyridine rings is 1. The van der Waals surface area contributed by atoms with Crippen molar-refractivity contribution >= 4 is 27.7 Å². The lowest BCUT2D eigenvalue weighted by Gasteiger charge is -2.09. The lowest BCUT2D eigenvalue weighted by Crippen LogP contribution is -2.15. The normalized spacial score (nSPS) is 10.3. The zero-order chi connectivity index (χ0) is 14.0. The Bertz CT molecular complexity index is 641. The van der Waals surface area contributed by atoms with Crippen molar-refractivity contribution in [2.45, 2.75) is 13.8 Å². The van der Waals surface area contributed by atoms with Gasteiger partial charge in [-0.05, 0) is 65.2 Å². The summed E-state index contributed by atoms with van der Waals surface area (Å²) in [5, 5.41) is 12.1. The quantitative estimate of drug-likeness (QED) is 0.891. The van der Waals surface area contributed by atoms with Crippen molar-refractivity contribution in [3.8, 4) is 5.75 Å². The molecule has 0 aliphatic heterocycles. The van der Waals surface area contributed by atoms with Crippen LogP contribution in [0.2, 0.25) is 0 Å². The van der Waals surface area contributed by atoms with E-state index in [1.165, 1.54) is 6.07 Å². The molecule has 0 fully saturated rings. The monoisotopic (exact) mass is 320 g/mol. The van der Waals surface area contributed by atoms with Gasteiger partial charge >= 0.3 is 0 Å². The fraction of sp³-hybridized carbons (Fsp3) is 0.143. The van der Waals surface area contributed by atoms with Gasteiger partial charge in [0.1, 0.15) is 11.6 Å². The smallest absolute Gasteiger partial charge is 0.257 e. The van der Waals surface area contributed by atoms with E-state index in [1.807, 2.05) is 13.0 Å². The molecule has 1 amide bonds. The molecule has 2 rings (SSSR count).